The summed E-state index contributed by atoms with van der Waals surface area (Å²) in [6.45, 7) is 2.11. The predicted octanol–water partition coefficient (Wildman–Crippen LogP) is 4.56. The monoisotopic (exact) mass is 414 g/mol. The number of anilines is 5. The Bertz CT molecular complexity index is 1030. The summed E-state index contributed by atoms with van der Waals surface area (Å²) in [5.41, 5.74) is 9.27. The minimum absolute atomic E-state index is 0.570. The molecule has 0 radical (unpaired) electrons. The van der Waals surface area contributed by atoms with Gasteiger partial charge in [-0.05, 0) is 79.9 Å². The lowest BCUT2D eigenvalue weighted by Gasteiger charge is -2.28. The van der Waals surface area contributed by atoms with Gasteiger partial charge in [-0.15, -0.1) is 0 Å². The number of hydrogen-bond donors (Lipinski definition) is 2. The first-order chi connectivity index (χ1) is 15.1. The van der Waals surface area contributed by atoms with Crippen molar-refractivity contribution >= 4 is 40.3 Å². The molecule has 0 aromatic heterocycles. The summed E-state index contributed by atoms with van der Waals surface area (Å²) in [4.78, 5) is 29.7. The molecule has 6 nitrogen and oxygen atoms in total. The topological polar surface area (TPSA) is 78.7 Å². The molecule has 0 atom stereocenters. The van der Waals surface area contributed by atoms with Crippen LogP contribution in [0, 0.1) is 0 Å². The third-order valence-corrected chi connectivity index (χ3v) is 5.41. The Morgan fingerprint density at radius 1 is 0.774 bits per heavy atom. The van der Waals surface area contributed by atoms with Crippen LogP contribution in [-0.2, 0) is 9.59 Å². The van der Waals surface area contributed by atoms with Crippen LogP contribution in [0.3, 0.4) is 0 Å². The average Bonchev–Trinajstić information content (AvgIpc) is 2.82. The molecule has 4 rings (SSSR count). The van der Waals surface area contributed by atoms with E-state index in [9.17, 15) is 9.59 Å². The van der Waals surface area contributed by atoms with E-state index >= 15 is 0 Å². The second-order valence-electron chi connectivity index (χ2n) is 7.62. The molecule has 2 amide bonds. The Morgan fingerprint density at radius 3 is 2.03 bits per heavy atom. The first kappa shape index (κ1) is 20.5. The zero-order valence-electron chi connectivity index (χ0n) is 17.3. The number of nitrogens with one attached hydrogen (secondary N) is 1. The van der Waals surface area contributed by atoms with Crippen molar-refractivity contribution in [2.75, 3.05) is 33.9 Å². The van der Waals surface area contributed by atoms with Gasteiger partial charge in [-0.2, -0.15) is 0 Å². The third-order valence-electron chi connectivity index (χ3n) is 5.41. The van der Waals surface area contributed by atoms with Gasteiger partial charge in [-0.25, -0.2) is 0 Å². The summed E-state index contributed by atoms with van der Waals surface area (Å²) in [6, 6.07) is 23.6. The Balaban J connectivity index is 1.51. The number of nitrogens with zero attached hydrogens (tertiary/aromatic N) is 2. The number of para-hydroxylation sites is 1. The highest BCUT2D eigenvalue weighted by Gasteiger charge is 2.25. The van der Waals surface area contributed by atoms with Gasteiger partial charge >= 0.3 is 11.8 Å². The summed E-state index contributed by atoms with van der Waals surface area (Å²) in [5.74, 6) is -1.37. The fraction of sp³-hybridized carbons (Fsp3) is 0.200. The molecule has 3 N–H and O–H groups in total. The van der Waals surface area contributed by atoms with Crippen molar-refractivity contribution in [3.8, 4) is 0 Å². The Kier molecular flexibility index (Phi) is 6.17. The van der Waals surface area contributed by atoms with Crippen LogP contribution in [0.4, 0.5) is 28.4 Å². The lowest BCUT2D eigenvalue weighted by Crippen LogP contribution is -2.36. The van der Waals surface area contributed by atoms with E-state index in [1.165, 1.54) is 24.2 Å². The average molecular weight is 415 g/mol. The third kappa shape index (κ3) is 4.86. The molecule has 0 unspecified atom stereocenters. The second kappa shape index (κ2) is 9.34. The highest BCUT2D eigenvalue weighted by Crippen LogP contribution is 2.27. The maximum absolute atomic E-state index is 13.1. The van der Waals surface area contributed by atoms with Crippen LogP contribution in [0.2, 0.25) is 0 Å². The van der Waals surface area contributed by atoms with E-state index in [-0.39, 0.29) is 0 Å². The first-order valence-electron chi connectivity index (χ1n) is 10.5. The molecule has 1 aliphatic rings. The number of benzene rings is 3. The van der Waals surface area contributed by atoms with E-state index in [1.807, 2.05) is 42.5 Å². The van der Waals surface area contributed by atoms with Crippen LogP contribution in [-0.4, -0.2) is 24.9 Å². The second-order valence-corrected chi connectivity index (χ2v) is 7.62. The Labute approximate surface area is 182 Å². The van der Waals surface area contributed by atoms with Crippen molar-refractivity contribution < 1.29 is 9.59 Å². The maximum atomic E-state index is 13.1. The molecule has 3 aromatic rings. The zero-order chi connectivity index (χ0) is 21.6. The summed E-state index contributed by atoms with van der Waals surface area (Å²) in [6.07, 6.45) is 3.68. The molecule has 1 fully saturated rings. The molecule has 0 spiro atoms. The fourth-order valence-corrected chi connectivity index (χ4v) is 3.78. The quantitative estimate of drug-likeness (QED) is 0.484. The largest absolute Gasteiger partial charge is 0.399 e. The molecule has 0 aliphatic carbocycles. The summed E-state index contributed by atoms with van der Waals surface area (Å²) in [5, 5.41) is 2.73. The van der Waals surface area contributed by atoms with Crippen molar-refractivity contribution in [1.29, 1.82) is 0 Å². The van der Waals surface area contributed by atoms with Crippen LogP contribution in [0.5, 0.6) is 0 Å². The number of nitrogen functional groups attached to an aromatic ring is 1. The van der Waals surface area contributed by atoms with Gasteiger partial charge in [0.25, 0.3) is 0 Å². The molecule has 1 aliphatic heterocycles. The molecule has 1 saturated heterocycles. The van der Waals surface area contributed by atoms with Crippen molar-refractivity contribution in [1.82, 2.24) is 0 Å². The molecule has 0 saturated carbocycles. The lowest BCUT2D eigenvalue weighted by molar-refractivity contribution is -0.134. The highest BCUT2D eigenvalue weighted by atomic mass is 16.2. The van der Waals surface area contributed by atoms with E-state index in [4.69, 9.17) is 5.73 Å². The summed E-state index contributed by atoms with van der Waals surface area (Å²) < 4.78 is 0. The van der Waals surface area contributed by atoms with E-state index < -0.39 is 11.8 Å². The number of carbonyl (C=O) groups excluding carboxylic acids is 2. The van der Waals surface area contributed by atoms with Crippen LogP contribution < -0.4 is 20.9 Å². The highest BCUT2D eigenvalue weighted by molar-refractivity contribution is 6.45. The number of amides is 2. The molecule has 31 heavy (non-hydrogen) atoms. The maximum Gasteiger partial charge on any atom is 0.321 e. The summed E-state index contributed by atoms with van der Waals surface area (Å²) >= 11 is 0. The molecule has 3 aromatic carbocycles. The van der Waals surface area contributed by atoms with Gasteiger partial charge in [0, 0.05) is 41.5 Å². The van der Waals surface area contributed by atoms with Crippen LogP contribution >= 0.6 is 0 Å². The van der Waals surface area contributed by atoms with Gasteiger partial charge in [-0.1, -0.05) is 18.2 Å². The Hall–Kier alpha value is -3.80. The van der Waals surface area contributed by atoms with Gasteiger partial charge in [0.15, 0.2) is 0 Å². The number of carbonyl (C=O) groups is 2. The van der Waals surface area contributed by atoms with Crippen LogP contribution in [0.15, 0.2) is 78.9 Å². The van der Waals surface area contributed by atoms with Crippen molar-refractivity contribution in [3.63, 3.8) is 0 Å². The lowest BCUT2D eigenvalue weighted by atomic mass is 10.1. The summed E-state index contributed by atoms with van der Waals surface area (Å²) in [7, 11) is 0. The van der Waals surface area contributed by atoms with E-state index in [0.717, 1.165) is 18.8 Å². The molecule has 1 heterocycles. The van der Waals surface area contributed by atoms with Gasteiger partial charge in [0.1, 0.15) is 0 Å². The molecule has 158 valence electrons. The van der Waals surface area contributed by atoms with Crippen molar-refractivity contribution in [2.24, 2.45) is 0 Å². The van der Waals surface area contributed by atoms with Gasteiger partial charge in [0.05, 0.1) is 0 Å². The SMILES string of the molecule is Nc1ccc(N(C(=O)C(=O)Nc2ccc(N3CCCCC3)cc2)c2ccccc2)cc1. The minimum atomic E-state index is -0.702. The molecular weight excluding hydrogens is 388 g/mol. The smallest absolute Gasteiger partial charge is 0.321 e. The van der Waals surface area contributed by atoms with Gasteiger partial charge in [-0.3, -0.25) is 14.5 Å². The molecule has 6 heteroatoms. The molecule has 0 bridgehead atoms. The number of piperidine rings is 1. The number of hydrogen-bond acceptors (Lipinski definition) is 4. The van der Waals surface area contributed by atoms with Crippen molar-refractivity contribution in [3.05, 3.63) is 78.9 Å². The zero-order valence-corrected chi connectivity index (χ0v) is 17.3. The fourth-order valence-electron chi connectivity index (χ4n) is 3.78. The standard InChI is InChI=1S/C25H26N4O2/c26-19-9-13-23(14-10-19)29(22-7-3-1-4-8-22)25(31)24(30)27-20-11-15-21(16-12-20)28-17-5-2-6-18-28/h1,3-4,7-16H,2,5-6,17-18,26H2,(H,27,30). The normalized spacial score (nSPS) is 13.5. The number of rotatable bonds is 4. The predicted molar refractivity (Wildman–Crippen MR) is 126 cm³/mol. The van der Waals surface area contributed by atoms with Crippen LogP contribution in [0.25, 0.3) is 0 Å². The number of nitrogens with two attached hydrogens (primary N) is 1. The van der Waals surface area contributed by atoms with E-state index in [2.05, 4.69) is 10.2 Å². The first-order valence-corrected chi connectivity index (χ1v) is 10.5. The Morgan fingerprint density at radius 2 is 1.39 bits per heavy atom. The molecular formula is C25H26N4O2. The van der Waals surface area contributed by atoms with Gasteiger partial charge in [0.2, 0.25) is 0 Å². The van der Waals surface area contributed by atoms with E-state index in [1.54, 1.807) is 36.4 Å². The van der Waals surface area contributed by atoms with Crippen LogP contribution in [0.1, 0.15) is 19.3 Å². The minimum Gasteiger partial charge on any atom is -0.399 e. The van der Waals surface area contributed by atoms with E-state index in [0.29, 0.717) is 22.7 Å². The van der Waals surface area contributed by atoms with Crippen molar-refractivity contribution in [2.45, 2.75) is 19.3 Å². The van der Waals surface area contributed by atoms with Gasteiger partial charge < -0.3 is 16.0 Å².